The van der Waals surface area contributed by atoms with Gasteiger partial charge in [0.15, 0.2) is 11.5 Å². The molecule has 9 heteroatoms. The number of fused-ring (bicyclic) bond motifs is 1. The summed E-state index contributed by atoms with van der Waals surface area (Å²) in [4.78, 5) is 38.2. The minimum Gasteiger partial charge on any atom is -0.493 e. The van der Waals surface area contributed by atoms with Gasteiger partial charge in [-0.05, 0) is 31.9 Å². The number of carbonyl (C=O) groups is 2. The van der Waals surface area contributed by atoms with Gasteiger partial charge in [0.25, 0.3) is 5.91 Å². The number of piperidine rings is 1. The molecule has 2 saturated heterocycles. The summed E-state index contributed by atoms with van der Waals surface area (Å²) in [5, 5.41) is 3.71. The number of nitrogens with zero attached hydrogens (tertiary/aromatic N) is 4. The van der Waals surface area contributed by atoms with Crippen molar-refractivity contribution in [1.29, 1.82) is 0 Å². The first-order valence-corrected chi connectivity index (χ1v) is 10.6. The summed E-state index contributed by atoms with van der Waals surface area (Å²) >= 11 is 0. The van der Waals surface area contributed by atoms with Gasteiger partial charge in [0.1, 0.15) is 12.4 Å². The van der Waals surface area contributed by atoms with Gasteiger partial charge < -0.3 is 14.8 Å². The molecule has 1 aromatic heterocycles. The Morgan fingerprint density at radius 2 is 1.84 bits per heavy atom. The fourth-order valence-electron chi connectivity index (χ4n) is 4.60. The van der Waals surface area contributed by atoms with Crippen molar-refractivity contribution in [1.82, 2.24) is 25.1 Å². The number of imide groups is 1. The molecule has 0 saturated carbocycles. The van der Waals surface area contributed by atoms with Crippen LogP contribution in [0.15, 0.2) is 18.5 Å². The van der Waals surface area contributed by atoms with Gasteiger partial charge in [0.2, 0.25) is 0 Å². The molecule has 166 valence electrons. The number of aromatic nitrogens is 2. The van der Waals surface area contributed by atoms with E-state index in [1.807, 2.05) is 33.0 Å². The highest BCUT2D eigenvalue weighted by Gasteiger charge is 2.45. The second-order valence-corrected chi connectivity index (χ2v) is 8.54. The van der Waals surface area contributed by atoms with Crippen molar-refractivity contribution in [3.63, 3.8) is 0 Å². The Bertz CT molecular complexity index is 1010. The third-order valence-electron chi connectivity index (χ3n) is 6.36. The molecule has 1 N–H and O–H groups in total. The van der Waals surface area contributed by atoms with E-state index >= 15 is 0 Å². The Balaban J connectivity index is 1.69. The van der Waals surface area contributed by atoms with Crippen LogP contribution in [0.4, 0.5) is 4.79 Å². The van der Waals surface area contributed by atoms with Gasteiger partial charge in [-0.15, -0.1) is 0 Å². The van der Waals surface area contributed by atoms with Crippen molar-refractivity contribution in [3.8, 4) is 11.5 Å². The molecule has 0 bridgehead atoms. The number of hydrogen-bond acceptors (Lipinski definition) is 7. The van der Waals surface area contributed by atoms with E-state index < -0.39 is 6.04 Å². The van der Waals surface area contributed by atoms with Crippen molar-refractivity contribution in [2.24, 2.45) is 5.92 Å². The second-order valence-electron chi connectivity index (χ2n) is 8.54. The zero-order valence-electron chi connectivity index (χ0n) is 18.6. The van der Waals surface area contributed by atoms with Gasteiger partial charge in [-0.1, -0.05) is 13.8 Å². The molecular weight excluding hydrogens is 398 g/mol. The van der Waals surface area contributed by atoms with E-state index in [1.54, 1.807) is 20.5 Å². The fraction of sp³-hybridized carbons (Fsp3) is 0.545. The standard InChI is InChI=1S/C22H29N5O4/c1-12(2)19-21(28)27(22(29)25-19)13-6-7-26(3)16(8-13)20-14-9-17(30-4)18(31-5)10-15(14)23-11-24-20/h9-13,16,19H,6-8H2,1-5H3,(H,25,29). The van der Waals surface area contributed by atoms with Crippen LogP contribution >= 0.6 is 0 Å². The maximum Gasteiger partial charge on any atom is 0.325 e. The molecular formula is C22H29N5O4. The number of urea groups is 1. The molecule has 0 spiro atoms. The largest absolute Gasteiger partial charge is 0.493 e. The smallest absolute Gasteiger partial charge is 0.325 e. The lowest BCUT2D eigenvalue weighted by Crippen LogP contribution is -2.48. The number of hydrogen-bond donors (Lipinski definition) is 1. The maximum atomic E-state index is 12.9. The predicted octanol–water partition coefficient (Wildman–Crippen LogP) is 2.36. The first-order chi connectivity index (χ1) is 14.8. The SMILES string of the molecule is COc1cc2ncnc(C3CC(N4C(=O)NC(C(C)C)C4=O)CCN3C)c2cc1OC. The number of likely N-dealkylation sites (tertiary alicyclic amines) is 1. The molecule has 0 aliphatic carbocycles. The van der Waals surface area contributed by atoms with Gasteiger partial charge in [0.05, 0.1) is 31.5 Å². The van der Waals surface area contributed by atoms with Gasteiger partial charge in [-0.3, -0.25) is 14.6 Å². The second kappa shape index (κ2) is 8.30. The molecule has 3 amide bonds. The number of amides is 3. The number of benzene rings is 1. The van der Waals surface area contributed by atoms with Crippen LogP contribution in [0.5, 0.6) is 11.5 Å². The Morgan fingerprint density at radius 1 is 1.13 bits per heavy atom. The van der Waals surface area contributed by atoms with Gasteiger partial charge in [0, 0.05) is 24.0 Å². The van der Waals surface area contributed by atoms with Crippen molar-refractivity contribution < 1.29 is 19.1 Å². The van der Waals surface area contributed by atoms with Crippen LogP contribution in [0.3, 0.4) is 0 Å². The summed E-state index contributed by atoms with van der Waals surface area (Å²) in [7, 11) is 5.23. The van der Waals surface area contributed by atoms with Crippen molar-refractivity contribution in [2.75, 3.05) is 27.8 Å². The summed E-state index contributed by atoms with van der Waals surface area (Å²) in [5.74, 6) is 1.13. The first kappa shape index (κ1) is 21.3. The number of methoxy groups -OCH3 is 2. The molecule has 2 fully saturated rings. The highest BCUT2D eigenvalue weighted by atomic mass is 16.5. The van der Waals surface area contributed by atoms with Crippen LogP contribution in [0.2, 0.25) is 0 Å². The summed E-state index contributed by atoms with van der Waals surface area (Å²) in [6, 6.07) is 2.73. The highest BCUT2D eigenvalue weighted by molar-refractivity contribution is 6.04. The molecule has 1 aromatic carbocycles. The van der Waals surface area contributed by atoms with Gasteiger partial charge >= 0.3 is 6.03 Å². The van der Waals surface area contributed by atoms with E-state index in [0.29, 0.717) is 17.9 Å². The lowest BCUT2D eigenvalue weighted by atomic mass is 9.92. The van der Waals surface area contributed by atoms with E-state index in [-0.39, 0.29) is 29.9 Å². The van der Waals surface area contributed by atoms with Crippen molar-refractivity contribution >= 4 is 22.8 Å². The molecule has 3 heterocycles. The number of rotatable bonds is 5. The van der Waals surface area contributed by atoms with Gasteiger partial charge in [-0.2, -0.15) is 0 Å². The minimum absolute atomic E-state index is 0.0526. The average Bonchev–Trinajstić information content (AvgIpc) is 3.07. The Kier molecular flexibility index (Phi) is 5.70. The lowest BCUT2D eigenvalue weighted by molar-refractivity contribution is -0.130. The van der Waals surface area contributed by atoms with E-state index in [2.05, 4.69) is 20.2 Å². The summed E-state index contributed by atoms with van der Waals surface area (Å²) in [6.45, 7) is 4.63. The third-order valence-corrected chi connectivity index (χ3v) is 6.36. The number of nitrogens with one attached hydrogen (secondary N) is 1. The Labute approximate surface area is 181 Å². The molecule has 4 rings (SSSR count). The summed E-state index contributed by atoms with van der Waals surface area (Å²) in [6.07, 6.45) is 2.89. The Hall–Kier alpha value is -2.94. The average molecular weight is 428 g/mol. The Morgan fingerprint density at radius 3 is 2.48 bits per heavy atom. The van der Waals surface area contributed by atoms with Crippen LogP contribution in [-0.4, -0.2) is 71.6 Å². The molecule has 2 aromatic rings. The zero-order valence-corrected chi connectivity index (χ0v) is 18.6. The molecule has 2 aliphatic heterocycles. The van der Waals surface area contributed by atoms with E-state index in [9.17, 15) is 9.59 Å². The lowest BCUT2D eigenvalue weighted by Gasteiger charge is -2.39. The van der Waals surface area contributed by atoms with Crippen LogP contribution in [-0.2, 0) is 4.79 Å². The molecule has 31 heavy (non-hydrogen) atoms. The van der Waals surface area contributed by atoms with Crippen LogP contribution in [0.1, 0.15) is 38.4 Å². The summed E-state index contributed by atoms with van der Waals surface area (Å²) < 4.78 is 10.9. The molecule has 0 radical (unpaired) electrons. The fourth-order valence-corrected chi connectivity index (χ4v) is 4.60. The van der Waals surface area contributed by atoms with E-state index in [0.717, 1.165) is 29.6 Å². The third kappa shape index (κ3) is 3.67. The molecule has 9 nitrogen and oxygen atoms in total. The number of carbonyl (C=O) groups excluding carboxylic acids is 2. The highest BCUT2D eigenvalue weighted by Crippen LogP contribution is 2.38. The minimum atomic E-state index is -0.456. The van der Waals surface area contributed by atoms with Gasteiger partial charge in [-0.25, -0.2) is 14.8 Å². The molecule has 3 unspecified atom stereocenters. The van der Waals surface area contributed by atoms with Crippen molar-refractivity contribution in [3.05, 3.63) is 24.2 Å². The van der Waals surface area contributed by atoms with E-state index in [4.69, 9.17) is 9.47 Å². The maximum absolute atomic E-state index is 12.9. The van der Waals surface area contributed by atoms with Crippen LogP contribution in [0, 0.1) is 5.92 Å². The summed E-state index contributed by atoms with van der Waals surface area (Å²) in [5.41, 5.74) is 1.61. The topological polar surface area (TPSA) is 96.9 Å². The van der Waals surface area contributed by atoms with Crippen molar-refractivity contribution in [2.45, 2.75) is 44.8 Å². The first-order valence-electron chi connectivity index (χ1n) is 10.6. The molecule has 2 aliphatic rings. The van der Waals surface area contributed by atoms with Crippen LogP contribution < -0.4 is 14.8 Å². The zero-order chi connectivity index (χ0) is 22.3. The number of ether oxygens (including phenoxy) is 2. The normalized spacial score (nSPS) is 24.7. The molecule has 3 atom stereocenters. The van der Waals surface area contributed by atoms with E-state index in [1.165, 1.54) is 4.90 Å². The predicted molar refractivity (Wildman–Crippen MR) is 115 cm³/mol. The van der Waals surface area contributed by atoms with Crippen LogP contribution in [0.25, 0.3) is 10.9 Å². The monoisotopic (exact) mass is 427 g/mol. The quantitative estimate of drug-likeness (QED) is 0.732.